The van der Waals surface area contributed by atoms with E-state index in [0.29, 0.717) is 0 Å². The monoisotopic (exact) mass is 276 g/mol. The summed E-state index contributed by atoms with van der Waals surface area (Å²) in [6.07, 6.45) is 0. The van der Waals surface area contributed by atoms with E-state index < -0.39 is 0 Å². The molecule has 4 heavy (non-hydrogen) atoms. The first kappa shape index (κ1) is 35.9. The van der Waals surface area contributed by atoms with Gasteiger partial charge in [-0.05, 0) is 0 Å². The van der Waals surface area contributed by atoms with Crippen molar-refractivity contribution >= 4 is 0 Å². The molecule has 38 valence electrons. The summed E-state index contributed by atoms with van der Waals surface area (Å²) in [4.78, 5) is 0. The van der Waals surface area contributed by atoms with Gasteiger partial charge in [-0.3, -0.25) is 0 Å². The van der Waals surface area contributed by atoms with Gasteiger partial charge in [-0.2, -0.15) is 0 Å². The molecule has 0 radical (unpaired) electrons. The minimum atomic E-state index is 0. The average molecular weight is 277 g/mol. The van der Waals surface area contributed by atoms with Crippen molar-refractivity contribution in [3.05, 3.63) is 0 Å². The number of rotatable bonds is 0. The van der Waals surface area contributed by atoms with Gasteiger partial charge in [-0.1, -0.05) is 0 Å². The summed E-state index contributed by atoms with van der Waals surface area (Å²) >= 11 is 0. The van der Waals surface area contributed by atoms with E-state index in [0.717, 1.165) is 0 Å². The Kier molecular flexibility index (Phi) is 174. The molecule has 0 rings (SSSR count). The Hall–Kier alpha value is 2.10. The average Bonchev–Trinajstić information content (AvgIpc) is 0. The predicted octanol–water partition coefficient (Wildman–Crippen LogP) is -0.0100. The molecule has 0 spiro atoms. The molecule has 0 heterocycles. The first-order valence-corrected chi connectivity index (χ1v) is 0. The van der Waals surface area contributed by atoms with Crippen LogP contribution in [0, 0.1) is 0 Å². The molecule has 4 heteroatoms. The minimum absolute atomic E-state index is 0. The SMILES string of the molecule is [Ni].[Ni].[Ni].[Ru]. The van der Waals surface area contributed by atoms with Gasteiger partial charge in [0.15, 0.2) is 0 Å². The molecule has 0 bridgehead atoms. The van der Waals surface area contributed by atoms with Crippen LogP contribution in [0.4, 0.5) is 0 Å². The molecule has 0 fully saturated rings. The van der Waals surface area contributed by atoms with E-state index in [1.54, 1.807) is 0 Å². The molecule has 0 atom stereocenters. The van der Waals surface area contributed by atoms with Crippen molar-refractivity contribution in [2.24, 2.45) is 0 Å². The molecule has 0 amide bonds. The van der Waals surface area contributed by atoms with Crippen LogP contribution >= 0.6 is 0 Å². The fraction of sp³-hybridized carbons (Fsp3) is 0. The van der Waals surface area contributed by atoms with Gasteiger partial charge in [0.1, 0.15) is 0 Å². The van der Waals surface area contributed by atoms with Crippen molar-refractivity contribution < 1.29 is 69.0 Å². The van der Waals surface area contributed by atoms with Gasteiger partial charge in [0.05, 0.1) is 0 Å². The number of hydrogen-bond donors (Lipinski definition) is 0. The molecule has 0 nitrogen and oxygen atoms in total. The summed E-state index contributed by atoms with van der Waals surface area (Å²) in [6.45, 7) is 0. The van der Waals surface area contributed by atoms with E-state index in [1.165, 1.54) is 0 Å². The summed E-state index contributed by atoms with van der Waals surface area (Å²) in [5.74, 6) is 0. The van der Waals surface area contributed by atoms with E-state index >= 15 is 0 Å². The normalized spacial score (nSPS) is 0. The van der Waals surface area contributed by atoms with Crippen LogP contribution in [0.5, 0.6) is 0 Å². The van der Waals surface area contributed by atoms with E-state index in [2.05, 4.69) is 0 Å². The van der Waals surface area contributed by atoms with Crippen LogP contribution in [0.2, 0.25) is 0 Å². The first-order valence-electron chi connectivity index (χ1n) is 0. The van der Waals surface area contributed by atoms with Crippen LogP contribution in [-0.2, 0) is 69.0 Å². The van der Waals surface area contributed by atoms with Crippen molar-refractivity contribution in [3.8, 4) is 0 Å². The Morgan fingerprint density at radius 3 is 0.500 bits per heavy atom. The third-order valence-electron chi connectivity index (χ3n) is 0. The van der Waals surface area contributed by atoms with Crippen LogP contribution in [0.1, 0.15) is 0 Å². The maximum Gasteiger partial charge on any atom is 0 e. The summed E-state index contributed by atoms with van der Waals surface area (Å²) < 4.78 is 0. The summed E-state index contributed by atoms with van der Waals surface area (Å²) in [7, 11) is 0. The number of hydrogen-bond acceptors (Lipinski definition) is 0. The van der Waals surface area contributed by atoms with Gasteiger partial charge in [-0.25, -0.2) is 0 Å². The van der Waals surface area contributed by atoms with Crippen molar-refractivity contribution in [2.45, 2.75) is 0 Å². The molecule has 0 aliphatic carbocycles. The summed E-state index contributed by atoms with van der Waals surface area (Å²) in [5, 5.41) is 0. The fourth-order valence-electron chi connectivity index (χ4n) is 0. The van der Waals surface area contributed by atoms with Crippen molar-refractivity contribution in [1.82, 2.24) is 0 Å². The summed E-state index contributed by atoms with van der Waals surface area (Å²) in [5.41, 5.74) is 0. The second kappa shape index (κ2) is 19.4. The van der Waals surface area contributed by atoms with Gasteiger partial charge in [0.2, 0.25) is 0 Å². The quantitative estimate of drug-likeness (QED) is 0.546. The Balaban J connectivity index is 0. The van der Waals surface area contributed by atoms with Crippen LogP contribution in [0.25, 0.3) is 0 Å². The minimum Gasteiger partial charge on any atom is 0 e. The van der Waals surface area contributed by atoms with Gasteiger partial charge < -0.3 is 0 Å². The van der Waals surface area contributed by atoms with Crippen molar-refractivity contribution in [3.63, 3.8) is 0 Å². The van der Waals surface area contributed by atoms with Crippen molar-refractivity contribution in [2.75, 3.05) is 0 Å². The Morgan fingerprint density at radius 1 is 0.500 bits per heavy atom. The third kappa shape index (κ3) is 8.93. The predicted molar refractivity (Wildman–Crippen MR) is 0 cm³/mol. The van der Waals surface area contributed by atoms with E-state index in [-0.39, 0.29) is 69.0 Å². The Bertz CT molecular complexity index is 3.25. The molecule has 0 unspecified atom stereocenters. The first-order chi connectivity index (χ1) is 0. The zero-order chi connectivity index (χ0) is 0. The Morgan fingerprint density at radius 2 is 0.500 bits per heavy atom. The maximum absolute atomic E-state index is 0. The molecule has 0 aromatic carbocycles. The second-order valence-electron chi connectivity index (χ2n) is 0. The van der Waals surface area contributed by atoms with Crippen LogP contribution in [0.15, 0.2) is 0 Å². The van der Waals surface area contributed by atoms with E-state index in [1.807, 2.05) is 0 Å². The van der Waals surface area contributed by atoms with Crippen LogP contribution in [0.3, 0.4) is 0 Å². The van der Waals surface area contributed by atoms with Crippen LogP contribution in [-0.4, -0.2) is 0 Å². The molecule has 0 aliphatic heterocycles. The zero-order valence-electron chi connectivity index (χ0n) is 1.30. The molecule has 0 N–H and O–H groups in total. The van der Waals surface area contributed by atoms with Crippen LogP contribution < -0.4 is 0 Å². The molecule has 0 aromatic rings. The molecular weight excluding hydrogens is 277 g/mol. The standard InChI is InChI=1S/3Ni.Ru. The topological polar surface area (TPSA) is 0 Å². The molecule has 0 saturated carbocycles. The van der Waals surface area contributed by atoms with Gasteiger partial charge in [0.25, 0.3) is 0 Å². The van der Waals surface area contributed by atoms with Gasteiger partial charge in [0, 0.05) is 69.0 Å². The maximum atomic E-state index is 0. The smallest absolute Gasteiger partial charge is 0 e. The molecular formula is Ni3Ru. The largest absolute Gasteiger partial charge is 0 e. The fourth-order valence-corrected chi connectivity index (χ4v) is 0. The molecule has 0 aromatic heterocycles. The van der Waals surface area contributed by atoms with Gasteiger partial charge >= 0.3 is 0 Å². The van der Waals surface area contributed by atoms with E-state index in [4.69, 9.17) is 0 Å². The second-order valence-corrected chi connectivity index (χ2v) is 0. The molecule has 0 saturated heterocycles. The van der Waals surface area contributed by atoms with E-state index in [9.17, 15) is 0 Å². The molecule has 0 aliphatic rings. The van der Waals surface area contributed by atoms with Gasteiger partial charge in [-0.15, -0.1) is 0 Å². The zero-order valence-corrected chi connectivity index (χ0v) is 6.00. The van der Waals surface area contributed by atoms with Crippen molar-refractivity contribution in [1.29, 1.82) is 0 Å². The third-order valence-corrected chi connectivity index (χ3v) is 0. The summed E-state index contributed by atoms with van der Waals surface area (Å²) in [6, 6.07) is 0. The Labute approximate surface area is 68.4 Å².